The molecule has 34 heavy (non-hydrogen) atoms. The number of hydrogen-bond donors (Lipinski definition) is 0. The fraction of sp³-hybridized carbons (Fsp3) is 0.607. The average Bonchev–Trinajstić information content (AvgIpc) is 2.77. The number of anilines is 1. The minimum Gasteiger partial charge on any atom is -0.492 e. The van der Waals surface area contributed by atoms with Gasteiger partial charge in [0.15, 0.2) is 0 Å². The number of hydrogen-bond acceptors (Lipinski definition) is 6. The van der Waals surface area contributed by atoms with Crippen LogP contribution in [-0.2, 0) is 22.4 Å². The van der Waals surface area contributed by atoms with E-state index in [0.29, 0.717) is 17.9 Å². The number of aryl methyl sites for hydroxylation is 1. The Hall–Kier alpha value is -2.63. The van der Waals surface area contributed by atoms with Gasteiger partial charge in [-0.15, -0.1) is 0 Å². The van der Waals surface area contributed by atoms with Crippen molar-refractivity contribution in [3.63, 3.8) is 0 Å². The van der Waals surface area contributed by atoms with Crippen LogP contribution in [-0.4, -0.2) is 41.7 Å². The molecule has 3 rings (SSSR count). The Bertz CT molecular complexity index is 958. The van der Waals surface area contributed by atoms with Crippen molar-refractivity contribution < 1.29 is 14.3 Å². The lowest BCUT2D eigenvalue weighted by Gasteiger charge is -2.40. The van der Waals surface area contributed by atoms with Gasteiger partial charge >= 0.3 is 5.97 Å². The summed E-state index contributed by atoms with van der Waals surface area (Å²) in [5.74, 6) is 0.999. The molecule has 2 aromatic rings. The molecule has 3 heterocycles. The number of pyridine rings is 2. The summed E-state index contributed by atoms with van der Waals surface area (Å²) in [6.45, 7) is 17.3. The lowest BCUT2D eigenvalue weighted by atomic mass is 9.82. The SMILES string of the molecule is CCc1ncc(-c2ccc(OCC(C)C)cn2)c(N2CCC(C)(C)CC2)c1CC(=O)OC(C)C. The highest BCUT2D eigenvalue weighted by molar-refractivity contribution is 5.84. The molecule has 0 bridgehead atoms. The van der Waals surface area contributed by atoms with Gasteiger partial charge in [0.05, 0.1) is 36.7 Å². The van der Waals surface area contributed by atoms with E-state index in [1.165, 1.54) is 0 Å². The van der Waals surface area contributed by atoms with Gasteiger partial charge in [0.2, 0.25) is 0 Å². The molecule has 0 radical (unpaired) electrons. The highest BCUT2D eigenvalue weighted by atomic mass is 16.5. The predicted molar refractivity (Wildman–Crippen MR) is 137 cm³/mol. The Kier molecular flexibility index (Phi) is 8.56. The summed E-state index contributed by atoms with van der Waals surface area (Å²) in [7, 11) is 0. The lowest BCUT2D eigenvalue weighted by molar-refractivity contribution is -0.146. The van der Waals surface area contributed by atoms with Gasteiger partial charge in [-0.25, -0.2) is 0 Å². The van der Waals surface area contributed by atoms with Gasteiger partial charge in [-0.05, 0) is 56.6 Å². The van der Waals surface area contributed by atoms with E-state index in [1.54, 1.807) is 6.20 Å². The third-order valence-electron chi connectivity index (χ3n) is 6.29. The first-order valence-electron chi connectivity index (χ1n) is 12.6. The Morgan fingerprint density at radius 3 is 2.35 bits per heavy atom. The van der Waals surface area contributed by atoms with Crippen molar-refractivity contribution in [3.05, 3.63) is 35.8 Å². The van der Waals surface area contributed by atoms with Crippen LogP contribution in [0.25, 0.3) is 11.3 Å². The predicted octanol–water partition coefficient (Wildman–Crippen LogP) is 5.86. The monoisotopic (exact) mass is 467 g/mol. The standard InChI is InChI=1S/C28H41N3O3/c1-8-24-22(15-26(32)34-20(4)5)27(31-13-11-28(6,7)12-14-31)23(17-30-24)25-10-9-21(16-29-25)33-18-19(2)3/h9-10,16-17,19-20H,8,11-15,18H2,1-7H3. The summed E-state index contributed by atoms with van der Waals surface area (Å²) < 4.78 is 11.3. The van der Waals surface area contributed by atoms with Crippen LogP contribution in [0.4, 0.5) is 5.69 Å². The first-order valence-corrected chi connectivity index (χ1v) is 12.6. The van der Waals surface area contributed by atoms with Gasteiger partial charge in [0, 0.05) is 36.1 Å². The van der Waals surface area contributed by atoms with Crippen molar-refractivity contribution in [2.24, 2.45) is 11.3 Å². The van der Waals surface area contributed by atoms with Crippen molar-refractivity contribution >= 4 is 11.7 Å². The molecule has 0 amide bonds. The highest BCUT2D eigenvalue weighted by Gasteiger charge is 2.30. The van der Waals surface area contributed by atoms with E-state index in [2.05, 4.69) is 39.5 Å². The van der Waals surface area contributed by atoms with E-state index in [0.717, 1.165) is 66.3 Å². The topological polar surface area (TPSA) is 64.6 Å². The molecule has 0 N–H and O–H groups in total. The van der Waals surface area contributed by atoms with E-state index in [9.17, 15) is 4.79 Å². The molecule has 0 saturated carbocycles. The zero-order chi connectivity index (χ0) is 24.9. The van der Waals surface area contributed by atoms with E-state index < -0.39 is 0 Å². The first kappa shape index (κ1) is 26.0. The first-order chi connectivity index (χ1) is 16.1. The van der Waals surface area contributed by atoms with E-state index in [4.69, 9.17) is 19.4 Å². The summed E-state index contributed by atoms with van der Waals surface area (Å²) in [5.41, 5.74) is 5.10. The van der Waals surface area contributed by atoms with Crippen molar-refractivity contribution in [1.82, 2.24) is 9.97 Å². The summed E-state index contributed by atoms with van der Waals surface area (Å²) >= 11 is 0. The molecule has 0 unspecified atom stereocenters. The number of esters is 1. The molecule has 0 spiro atoms. The maximum Gasteiger partial charge on any atom is 0.310 e. The van der Waals surface area contributed by atoms with Crippen LogP contribution < -0.4 is 9.64 Å². The number of carbonyl (C=O) groups is 1. The minimum atomic E-state index is -0.215. The second kappa shape index (κ2) is 11.2. The molecular weight excluding hydrogens is 426 g/mol. The summed E-state index contributed by atoms with van der Waals surface area (Å²) in [4.78, 5) is 24.7. The molecule has 2 aromatic heterocycles. The van der Waals surface area contributed by atoms with Gasteiger partial charge in [-0.1, -0.05) is 34.6 Å². The van der Waals surface area contributed by atoms with Gasteiger partial charge in [0.1, 0.15) is 5.75 Å². The van der Waals surface area contributed by atoms with E-state index in [1.807, 2.05) is 32.2 Å². The second-order valence-corrected chi connectivity index (χ2v) is 10.7. The molecule has 1 fully saturated rings. The Labute approximate surface area is 205 Å². The zero-order valence-corrected chi connectivity index (χ0v) is 22.0. The van der Waals surface area contributed by atoms with Gasteiger partial charge in [-0.2, -0.15) is 0 Å². The molecular formula is C28H41N3O3. The summed E-state index contributed by atoms with van der Waals surface area (Å²) in [6, 6.07) is 3.96. The molecule has 6 heteroatoms. The number of aromatic nitrogens is 2. The maximum atomic E-state index is 12.7. The molecule has 0 aliphatic carbocycles. The minimum absolute atomic E-state index is 0.145. The van der Waals surface area contributed by atoms with E-state index in [-0.39, 0.29) is 18.5 Å². The third kappa shape index (κ3) is 6.71. The normalized spacial score (nSPS) is 15.6. The molecule has 6 nitrogen and oxygen atoms in total. The zero-order valence-electron chi connectivity index (χ0n) is 22.0. The van der Waals surface area contributed by atoms with Crippen LogP contribution >= 0.6 is 0 Å². The van der Waals surface area contributed by atoms with Crippen LogP contribution in [0.3, 0.4) is 0 Å². The van der Waals surface area contributed by atoms with E-state index >= 15 is 0 Å². The lowest BCUT2D eigenvalue weighted by Crippen LogP contribution is -2.38. The molecule has 0 atom stereocenters. The number of ether oxygens (including phenoxy) is 2. The molecule has 1 saturated heterocycles. The molecule has 1 aliphatic rings. The van der Waals surface area contributed by atoms with Crippen molar-refractivity contribution in [1.29, 1.82) is 0 Å². The Balaban J connectivity index is 2.04. The average molecular weight is 468 g/mol. The third-order valence-corrected chi connectivity index (χ3v) is 6.29. The quantitative estimate of drug-likeness (QED) is 0.430. The smallest absolute Gasteiger partial charge is 0.310 e. The Morgan fingerprint density at radius 1 is 1.09 bits per heavy atom. The van der Waals surface area contributed by atoms with Gasteiger partial charge < -0.3 is 14.4 Å². The number of carbonyl (C=O) groups excluding carboxylic acids is 1. The van der Waals surface area contributed by atoms with Crippen LogP contribution in [0.15, 0.2) is 24.5 Å². The maximum absolute atomic E-state index is 12.7. The van der Waals surface area contributed by atoms with Crippen molar-refractivity contribution in [2.45, 2.75) is 80.3 Å². The summed E-state index contributed by atoms with van der Waals surface area (Å²) in [6.07, 6.45) is 6.72. The Morgan fingerprint density at radius 2 is 1.79 bits per heavy atom. The highest BCUT2D eigenvalue weighted by Crippen LogP contribution is 2.39. The molecule has 1 aliphatic heterocycles. The summed E-state index contributed by atoms with van der Waals surface area (Å²) in [5, 5.41) is 0. The van der Waals surface area contributed by atoms with Crippen LogP contribution in [0, 0.1) is 11.3 Å². The van der Waals surface area contributed by atoms with Gasteiger partial charge in [0.25, 0.3) is 0 Å². The number of rotatable bonds is 9. The number of piperidine rings is 1. The second-order valence-electron chi connectivity index (χ2n) is 10.7. The number of nitrogens with zero attached hydrogens (tertiary/aromatic N) is 3. The van der Waals surface area contributed by atoms with Crippen molar-refractivity contribution in [3.8, 4) is 17.0 Å². The largest absolute Gasteiger partial charge is 0.492 e. The fourth-order valence-electron chi connectivity index (χ4n) is 4.29. The van der Waals surface area contributed by atoms with Crippen molar-refractivity contribution in [2.75, 3.05) is 24.6 Å². The van der Waals surface area contributed by atoms with Gasteiger partial charge in [-0.3, -0.25) is 14.8 Å². The fourth-order valence-corrected chi connectivity index (χ4v) is 4.29. The van der Waals surface area contributed by atoms with Crippen LogP contribution in [0.1, 0.15) is 72.6 Å². The molecule has 0 aromatic carbocycles. The van der Waals surface area contributed by atoms with Crippen LogP contribution in [0.2, 0.25) is 0 Å². The molecule has 186 valence electrons. The van der Waals surface area contributed by atoms with Crippen LogP contribution in [0.5, 0.6) is 5.75 Å².